The predicted octanol–water partition coefficient (Wildman–Crippen LogP) is 1.72. The Morgan fingerprint density at radius 2 is 1.90 bits per heavy atom. The van der Waals surface area contributed by atoms with Gasteiger partial charge in [-0.15, -0.1) is 11.3 Å². The smallest absolute Gasteiger partial charge is 0.250 e. The van der Waals surface area contributed by atoms with Crippen LogP contribution in [-0.4, -0.2) is 55.9 Å². The molecule has 2 N–H and O–H groups in total. The lowest BCUT2D eigenvalue weighted by Crippen LogP contribution is -2.44. The van der Waals surface area contributed by atoms with E-state index in [1.54, 1.807) is 42.1 Å². The van der Waals surface area contributed by atoms with Crippen LogP contribution in [0.1, 0.15) is 0 Å². The van der Waals surface area contributed by atoms with E-state index in [1.165, 1.54) is 11.3 Å². The highest BCUT2D eigenvalue weighted by Gasteiger charge is 2.49. The molecular formula is C18H18N4O5S2. The van der Waals surface area contributed by atoms with E-state index >= 15 is 0 Å². The number of ether oxygens (including phenoxy) is 2. The van der Waals surface area contributed by atoms with Crippen molar-refractivity contribution in [3.05, 3.63) is 48.2 Å². The fraction of sp³-hybridized carbons (Fsp3) is 0.333. The van der Waals surface area contributed by atoms with Crippen LogP contribution in [0, 0.1) is 0 Å². The van der Waals surface area contributed by atoms with Gasteiger partial charge in [0.2, 0.25) is 16.0 Å². The van der Waals surface area contributed by atoms with Crippen molar-refractivity contribution in [3.8, 4) is 11.5 Å². The van der Waals surface area contributed by atoms with Crippen molar-refractivity contribution < 1.29 is 22.3 Å². The molecule has 4 atom stereocenters. The van der Waals surface area contributed by atoms with Crippen LogP contribution in [0.4, 0.5) is 5.95 Å². The fourth-order valence-electron chi connectivity index (χ4n) is 3.55. The highest BCUT2D eigenvalue weighted by Crippen LogP contribution is 2.30. The van der Waals surface area contributed by atoms with Gasteiger partial charge in [-0.2, -0.15) is 0 Å². The minimum Gasteiger partial charge on any atom is -0.463 e. The Balaban J connectivity index is 1.27. The summed E-state index contributed by atoms with van der Waals surface area (Å²) in [5.41, 5.74) is 0.664. The average molecular weight is 434 g/mol. The molecule has 2 saturated heterocycles. The highest BCUT2D eigenvalue weighted by atomic mass is 32.2. The zero-order chi connectivity index (χ0) is 19.8. The van der Waals surface area contributed by atoms with Crippen LogP contribution < -0.4 is 10.0 Å². The summed E-state index contributed by atoms with van der Waals surface area (Å²) in [5.74, 6) is 1.08. The average Bonchev–Trinajstić information content (AvgIpc) is 3.50. The number of fused-ring (bicyclic) bond motifs is 1. The molecule has 0 bridgehead atoms. The number of aromatic nitrogens is 2. The number of sulfonamides is 1. The van der Waals surface area contributed by atoms with Gasteiger partial charge in [-0.25, -0.2) is 23.1 Å². The lowest BCUT2D eigenvalue weighted by Gasteiger charge is -2.18. The van der Waals surface area contributed by atoms with E-state index in [1.807, 2.05) is 6.07 Å². The van der Waals surface area contributed by atoms with Crippen molar-refractivity contribution in [2.45, 2.75) is 28.5 Å². The maximum atomic E-state index is 12.5. The summed E-state index contributed by atoms with van der Waals surface area (Å²) in [5, 5.41) is 4.96. The molecule has 9 nitrogen and oxygen atoms in total. The van der Waals surface area contributed by atoms with Crippen LogP contribution in [0.3, 0.4) is 0 Å². The third-order valence-electron chi connectivity index (χ3n) is 4.86. The Morgan fingerprint density at radius 1 is 1.07 bits per heavy atom. The van der Waals surface area contributed by atoms with Gasteiger partial charge in [0.15, 0.2) is 5.76 Å². The van der Waals surface area contributed by atoms with E-state index in [-0.39, 0.29) is 29.1 Å². The van der Waals surface area contributed by atoms with Gasteiger partial charge in [0, 0.05) is 6.20 Å². The molecule has 11 heteroatoms. The van der Waals surface area contributed by atoms with Crippen molar-refractivity contribution in [3.63, 3.8) is 0 Å². The molecular weight excluding hydrogens is 416 g/mol. The first-order valence-corrected chi connectivity index (χ1v) is 11.4. The molecule has 3 aromatic heterocycles. The van der Waals surface area contributed by atoms with E-state index in [4.69, 9.17) is 13.9 Å². The maximum absolute atomic E-state index is 12.5. The number of hydrogen-bond donors (Lipinski definition) is 2. The van der Waals surface area contributed by atoms with Gasteiger partial charge < -0.3 is 19.2 Å². The first-order valence-electron chi connectivity index (χ1n) is 9.03. The first kappa shape index (κ1) is 18.7. The van der Waals surface area contributed by atoms with Crippen LogP contribution in [0.2, 0.25) is 0 Å². The van der Waals surface area contributed by atoms with Gasteiger partial charge in [0.25, 0.3) is 0 Å². The lowest BCUT2D eigenvalue weighted by atomic mass is 10.1. The van der Waals surface area contributed by atoms with Gasteiger partial charge in [-0.1, -0.05) is 6.07 Å². The molecule has 2 aliphatic rings. The summed E-state index contributed by atoms with van der Waals surface area (Å²) < 4.78 is 45.1. The molecule has 152 valence electrons. The van der Waals surface area contributed by atoms with Gasteiger partial charge in [-0.05, 0) is 29.6 Å². The van der Waals surface area contributed by atoms with Crippen molar-refractivity contribution in [2.75, 3.05) is 18.5 Å². The summed E-state index contributed by atoms with van der Waals surface area (Å²) in [6, 6.07) is 8.02. The Kier molecular flexibility index (Phi) is 4.84. The Hall–Kier alpha value is -2.31. The lowest BCUT2D eigenvalue weighted by molar-refractivity contribution is 0.0690. The molecule has 0 spiro atoms. The molecule has 0 saturated carbocycles. The second-order valence-corrected chi connectivity index (χ2v) is 9.64. The largest absolute Gasteiger partial charge is 0.463 e. The minimum atomic E-state index is -3.59. The van der Waals surface area contributed by atoms with E-state index < -0.39 is 16.1 Å². The van der Waals surface area contributed by atoms with Crippen LogP contribution in [0.15, 0.2) is 56.8 Å². The topological polar surface area (TPSA) is 116 Å². The molecule has 0 aliphatic carbocycles. The van der Waals surface area contributed by atoms with Crippen LogP contribution in [0.5, 0.6) is 0 Å². The maximum Gasteiger partial charge on any atom is 0.250 e. The molecule has 0 unspecified atom stereocenters. The van der Waals surface area contributed by atoms with Crippen LogP contribution >= 0.6 is 11.3 Å². The summed E-state index contributed by atoms with van der Waals surface area (Å²) in [4.78, 5) is 8.72. The number of rotatable bonds is 6. The van der Waals surface area contributed by atoms with Gasteiger partial charge in [0.05, 0.1) is 31.6 Å². The third-order valence-corrected chi connectivity index (χ3v) is 7.75. The summed E-state index contributed by atoms with van der Waals surface area (Å²) in [7, 11) is -3.59. The SMILES string of the molecule is O=S(=O)(N[C@H]1CO[C@H]2[C@@H]1OC[C@@H]2Nc1nccc(-c2ccco2)n1)c1cccs1. The molecule has 5 heterocycles. The molecule has 3 aromatic rings. The zero-order valence-electron chi connectivity index (χ0n) is 15.1. The zero-order valence-corrected chi connectivity index (χ0v) is 16.7. The van der Waals surface area contributed by atoms with Crippen molar-refractivity contribution in [1.82, 2.24) is 14.7 Å². The second-order valence-electron chi connectivity index (χ2n) is 6.75. The number of thiophene rings is 1. The third kappa shape index (κ3) is 3.67. The molecule has 0 amide bonds. The number of nitrogens with zero attached hydrogens (tertiary/aromatic N) is 2. The standard InChI is InChI=1S/C18H18N4O5S2/c23-29(24,15-4-2-8-28-15)22-13-10-27-16-12(9-26-17(13)16)21-18-19-6-5-11(20-18)14-3-1-7-25-14/h1-8,12-13,16-17,22H,9-10H2,(H,19,20,21)/t12-,13-,16+,17+/m0/s1. The number of anilines is 1. The van der Waals surface area contributed by atoms with E-state index in [0.29, 0.717) is 24.0 Å². The Bertz CT molecular complexity index is 1070. The van der Waals surface area contributed by atoms with Crippen molar-refractivity contribution in [1.29, 1.82) is 0 Å². The minimum absolute atomic E-state index is 0.192. The monoisotopic (exact) mass is 434 g/mol. The summed E-state index contributed by atoms with van der Waals surface area (Å²) in [6.45, 7) is 0.603. The summed E-state index contributed by atoms with van der Waals surface area (Å²) in [6.07, 6.45) is 2.55. The quantitative estimate of drug-likeness (QED) is 0.603. The van der Waals surface area contributed by atoms with Gasteiger partial charge in [0.1, 0.15) is 22.1 Å². The molecule has 5 rings (SSSR count). The van der Waals surface area contributed by atoms with E-state index in [0.717, 1.165) is 0 Å². The van der Waals surface area contributed by atoms with Crippen LogP contribution in [-0.2, 0) is 19.5 Å². The number of nitrogens with one attached hydrogen (secondary N) is 2. The highest BCUT2D eigenvalue weighted by molar-refractivity contribution is 7.91. The second kappa shape index (κ2) is 7.50. The van der Waals surface area contributed by atoms with Crippen molar-refractivity contribution in [2.24, 2.45) is 0 Å². The molecule has 29 heavy (non-hydrogen) atoms. The van der Waals surface area contributed by atoms with E-state index in [9.17, 15) is 8.42 Å². The van der Waals surface area contributed by atoms with E-state index in [2.05, 4.69) is 20.0 Å². The Morgan fingerprint density at radius 3 is 2.66 bits per heavy atom. The Labute approximate surface area is 171 Å². The van der Waals surface area contributed by atoms with Crippen molar-refractivity contribution >= 4 is 27.3 Å². The van der Waals surface area contributed by atoms with Gasteiger partial charge >= 0.3 is 0 Å². The van der Waals surface area contributed by atoms with Crippen LogP contribution in [0.25, 0.3) is 11.5 Å². The first-order chi connectivity index (χ1) is 14.1. The predicted molar refractivity (Wildman–Crippen MR) is 105 cm³/mol. The molecule has 0 radical (unpaired) electrons. The molecule has 2 aliphatic heterocycles. The molecule has 0 aromatic carbocycles. The van der Waals surface area contributed by atoms with Gasteiger partial charge in [-0.3, -0.25) is 0 Å². The normalized spacial score (nSPS) is 26.5. The fourth-order valence-corrected chi connectivity index (χ4v) is 5.79. The number of furan rings is 1. The summed E-state index contributed by atoms with van der Waals surface area (Å²) >= 11 is 1.17. The number of hydrogen-bond acceptors (Lipinski definition) is 9. The molecule has 2 fully saturated rings.